The van der Waals surface area contributed by atoms with Gasteiger partial charge in [0.1, 0.15) is 0 Å². The fourth-order valence-corrected chi connectivity index (χ4v) is 1.08. The van der Waals surface area contributed by atoms with Crippen molar-refractivity contribution in [3.63, 3.8) is 0 Å². The lowest BCUT2D eigenvalue weighted by molar-refractivity contribution is -0.120. The number of carbonyl (C=O) groups is 1. The summed E-state index contributed by atoms with van der Waals surface area (Å²) in [6, 6.07) is -0.168. The number of hydrogen-bond donors (Lipinski definition) is 1. The predicted octanol–water partition coefficient (Wildman–Crippen LogP) is 3.22. The van der Waals surface area contributed by atoms with E-state index in [0.717, 1.165) is 18.4 Å². The van der Waals surface area contributed by atoms with E-state index in [4.69, 9.17) is 34.8 Å². The predicted molar refractivity (Wildman–Crippen MR) is 61.9 cm³/mol. The summed E-state index contributed by atoms with van der Waals surface area (Å²) in [5.74, 6) is -0.618. The van der Waals surface area contributed by atoms with E-state index in [0.29, 0.717) is 0 Å². The molecule has 0 aliphatic heterocycles. The van der Waals surface area contributed by atoms with Gasteiger partial charge in [0, 0.05) is 6.04 Å². The van der Waals surface area contributed by atoms with Crippen molar-refractivity contribution in [1.82, 2.24) is 5.32 Å². The first-order valence-electron chi connectivity index (χ1n) is 4.34. The molecule has 0 saturated heterocycles. The van der Waals surface area contributed by atoms with Gasteiger partial charge in [0.2, 0.25) is 0 Å². The summed E-state index contributed by atoms with van der Waals surface area (Å²) in [6.07, 6.45) is 1.83. The minimum Gasteiger partial charge on any atom is -0.346 e. The Labute approximate surface area is 99.6 Å². The summed E-state index contributed by atoms with van der Waals surface area (Å²) in [6.45, 7) is 7.68. The van der Waals surface area contributed by atoms with Crippen molar-refractivity contribution >= 4 is 40.7 Å². The maximum atomic E-state index is 11.2. The van der Waals surface area contributed by atoms with Crippen molar-refractivity contribution in [3.05, 3.63) is 12.2 Å². The molecule has 1 unspecified atom stereocenters. The van der Waals surface area contributed by atoms with Crippen LogP contribution in [0, 0.1) is 0 Å². The van der Waals surface area contributed by atoms with Gasteiger partial charge in [-0.15, -0.1) is 0 Å². The Bertz CT molecular complexity index is 223. The summed E-state index contributed by atoms with van der Waals surface area (Å²) in [4.78, 5) is 11.2. The lowest BCUT2D eigenvalue weighted by Crippen LogP contribution is -2.40. The van der Waals surface area contributed by atoms with Gasteiger partial charge in [-0.1, -0.05) is 60.3 Å². The van der Waals surface area contributed by atoms with Gasteiger partial charge in [-0.2, -0.15) is 0 Å². The van der Waals surface area contributed by atoms with Crippen molar-refractivity contribution in [3.8, 4) is 0 Å². The van der Waals surface area contributed by atoms with Crippen LogP contribution < -0.4 is 5.32 Å². The average Bonchev–Trinajstić information content (AvgIpc) is 2.02. The molecular weight excluding hydrogens is 244 g/mol. The summed E-state index contributed by atoms with van der Waals surface area (Å²) < 4.78 is -1.90. The van der Waals surface area contributed by atoms with Crippen molar-refractivity contribution in [1.29, 1.82) is 0 Å². The minimum atomic E-state index is -1.90. The SMILES string of the molecule is C=C(CCC)C(C)NC(=O)C(Cl)(Cl)Cl. The highest BCUT2D eigenvalue weighted by Gasteiger charge is 2.31. The second-order valence-electron chi connectivity index (χ2n) is 3.10. The molecule has 0 aliphatic carbocycles. The molecule has 1 N–H and O–H groups in total. The fraction of sp³-hybridized carbons (Fsp3) is 0.667. The second kappa shape index (κ2) is 5.84. The van der Waals surface area contributed by atoms with Crippen LogP contribution in [0.4, 0.5) is 0 Å². The summed E-state index contributed by atoms with van der Waals surface area (Å²) in [7, 11) is 0. The van der Waals surface area contributed by atoms with Crippen molar-refractivity contribution in [2.24, 2.45) is 0 Å². The first-order valence-corrected chi connectivity index (χ1v) is 5.47. The van der Waals surface area contributed by atoms with Crippen molar-refractivity contribution in [2.45, 2.75) is 36.5 Å². The third-order valence-electron chi connectivity index (χ3n) is 1.79. The molecule has 0 rings (SSSR count). The summed E-state index contributed by atoms with van der Waals surface area (Å²) in [5.41, 5.74) is 0.926. The Morgan fingerprint density at radius 1 is 1.50 bits per heavy atom. The molecule has 0 aromatic heterocycles. The third kappa shape index (κ3) is 5.08. The van der Waals surface area contributed by atoms with E-state index in [1.54, 1.807) is 0 Å². The molecule has 0 spiro atoms. The number of carbonyl (C=O) groups excluding carboxylic acids is 1. The highest BCUT2D eigenvalue weighted by Crippen LogP contribution is 2.26. The van der Waals surface area contributed by atoms with E-state index in [1.165, 1.54) is 0 Å². The zero-order chi connectivity index (χ0) is 11.4. The molecule has 0 heterocycles. The molecule has 1 amide bonds. The Balaban J connectivity index is 4.13. The monoisotopic (exact) mass is 257 g/mol. The maximum Gasteiger partial charge on any atom is 0.272 e. The minimum absolute atomic E-state index is 0.168. The summed E-state index contributed by atoms with van der Waals surface area (Å²) in [5, 5.41) is 2.57. The van der Waals surface area contributed by atoms with Gasteiger partial charge in [0.15, 0.2) is 0 Å². The Morgan fingerprint density at radius 2 is 2.00 bits per heavy atom. The lowest BCUT2D eigenvalue weighted by atomic mass is 10.1. The third-order valence-corrected chi connectivity index (χ3v) is 2.30. The number of nitrogens with one attached hydrogen (secondary N) is 1. The number of alkyl halides is 3. The Hall–Kier alpha value is 0.0800. The molecule has 0 fully saturated rings. The Morgan fingerprint density at radius 3 is 2.36 bits per heavy atom. The van der Waals surface area contributed by atoms with Gasteiger partial charge in [-0.3, -0.25) is 4.79 Å². The molecule has 2 nitrogen and oxygen atoms in total. The van der Waals surface area contributed by atoms with E-state index in [-0.39, 0.29) is 6.04 Å². The van der Waals surface area contributed by atoms with Crippen LogP contribution in [0.3, 0.4) is 0 Å². The molecule has 0 radical (unpaired) electrons. The van der Waals surface area contributed by atoms with Crippen molar-refractivity contribution in [2.75, 3.05) is 0 Å². The molecule has 0 aromatic rings. The van der Waals surface area contributed by atoms with Crippen molar-refractivity contribution < 1.29 is 4.79 Å². The van der Waals surface area contributed by atoms with Crippen LogP contribution in [0.2, 0.25) is 0 Å². The van der Waals surface area contributed by atoms with Gasteiger partial charge < -0.3 is 5.32 Å². The zero-order valence-corrected chi connectivity index (χ0v) is 10.5. The Kier molecular flexibility index (Phi) is 5.87. The number of halogens is 3. The molecule has 1 atom stereocenters. The van der Waals surface area contributed by atoms with Crippen LogP contribution in [0.1, 0.15) is 26.7 Å². The lowest BCUT2D eigenvalue weighted by Gasteiger charge is -2.19. The normalized spacial score (nSPS) is 13.5. The van der Waals surface area contributed by atoms with E-state index in [9.17, 15) is 4.79 Å². The van der Waals surface area contributed by atoms with E-state index >= 15 is 0 Å². The zero-order valence-electron chi connectivity index (χ0n) is 8.24. The summed E-state index contributed by atoms with van der Waals surface area (Å²) >= 11 is 16.2. The standard InChI is InChI=1S/C9H14Cl3NO/c1-4-5-6(2)7(3)13-8(14)9(10,11)12/h7H,2,4-5H2,1,3H3,(H,13,14). The maximum absolute atomic E-state index is 11.2. The van der Waals surface area contributed by atoms with Crippen LogP contribution in [0.25, 0.3) is 0 Å². The first-order chi connectivity index (χ1) is 6.29. The van der Waals surface area contributed by atoms with E-state index in [1.807, 2.05) is 13.8 Å². The topological polar surface area (TPSA) is 29.1 Å². The van der Waals surface area contributed by atoms with Crippen LogP contribution in [-0.2, 0) is 4.79 Å². The number of amides is 1. The highest BCUT2D eigenvalue weighted by atomic mass is 35.6. The van der Waals surface area contributed by atoms with Crippen LogP contribution in [0.15, 0.2) is 12.2 Å². The first kappa shape index (κ1) is 14.1. The fourth-order valence-electron chi connectivity index (χ4n) is 0.918. The second-order valence-corrected chi connectivity index (χ2v) is 5.38. The molecule has 82 valence electrons. The van der Waals surface area contributed by atoms with E-state index < -0.39 is 9.70 Å². The van der Waals surface area contributed by atoms with Gasteiger partial charge in [-0.05, 0) is 13.3 Å². The number of rotatable bonds is 4. The molecule has 5 heteroatoms. The van der Waals surface area contributed by atoms with Crippen LogP contribution in [-0.4, -0.2) is 15.7 Å². The molecule has 0 aromatic carbocycles. The van der Waals surface area contributed by atoms with Gasteiger partial charge in [-0.25, -0.2) is 0 Å². The number of hydrogen-bond acceptors (Lipinski definition) is 1. The molecular formula is C9H14Cl3NO. The molecule has 0 bridgehead atoms. The largest absolute Gasteiger partial charge is 0.346 e. The van der Waals surface area contributed by atoms with Gasteiger partial charge in [0.25, 0.3) is 9.70 Å². The van der Waals surface area contributed by atoms with Gasteiger partial charge >= 0.3 is 0 Å². The molecule has 14 heavy (non-hydrogen) atoms. The van der Waals surface area contributed by atoms with Crippen LogP contribution >= 0.6 is 34.8 Å². The van der Waals surface area contributed by atoms with E-state index in [2.05, 4.69) is 11.9 Å². The highest BCUT2D eigenvalue weighted by molar-refractivity contribution is 6.76. The smallest absolute Gasteiger partial charge is 0.272 e. The average molecular weight is 259 g/mol. The quantitative estimate of drug-likeness (QED) is 0.609. The van der Waals surface area contributed by atoms with Gasteiger partial charge in [0.05, 0.1) is 0 Å². The molecule has 0 aliphatic rings. The van der Waals surface area contributed by atoms with Crippen LogP contribution in [0.5, 0.6) is 0 Å². The molecule has 0 saturated carbocycles.